The van der Waals surface area contributed by atoms with Crippen molar-refractivity contribution in [3.63, 3.8) is 0 Å². The van der Waals surface area contributed by atoms with E-state index in [1.807, 2.05) is 6.07 Å². The first-order valence-corrected chi connectivity index (χ1v) is 8.27. The Morgan fingerprint density at radius 3 is 2.62 bits per heavy atom. The van der Waals surface area contributed by atoms with E-state index in [-0.39, 0.29) is 23.0 Å². The molecule has 0 unspecified atom stereocenters. The summed E-state index contributed by atoms with van der Waals surface area (Å²) in [6.45, 7) is 0. The molecule has 0 radical (unpaired) electrons. The molecule has 0 saturated heterocycles. The van der Waals surface area contributed by atoms with Gasteiger partial charge in [-0.05, 0) is 18.2 Å². The number of carbonyl (C=O) groups excluding carboxylic acids is 1. The molecule has 132 valence electrons. The molecule has 0 aliphatic heterocycles. The number of fused-ring (bicyclic) bond motifs is 1. The largest absolute Gasteiger partial charge is 0.493 e. The molecule has 6 N–H and O–H groups in total. The van der Waals surface area contributed by atoms with Crippen LogP contribution in [0.1, 0.15) is 15.2 Å². The van der Waals surface area contributed by atoms with Crippen LogP contribution in [0.15, 0.2) is 24.3 Å². The minimum Gasteiger partial charge on any atom is -0.493 e. The summed E-state index contributed by atoms with van der Waals surface area (Å²) in [4.78, 5) is 16.5. The number of aromatic amines is 1. The highest BCUT2D eigenvalue weighted by molar-refractivity contribution is 7.20. The van der Waals surface area contributed by atoms with Crippen LogP contribution in [0, 0.1) is 11.3 Å². The number of benzene rings is 1. The quantitative estimate of drug-likeness (QED) is 0.642. The molecule has 0 saturated carbocycles. The first kappa shape index (κ1) is 17.3. The lowest BCUT2D eigenvalue weighted by Crippen LogP contribution is -2.12. The van der Waals surface area contributed by atoms with Crippen molar-refractivity contribution in [3.05, 3.63) is 34.7 Å². The SMILES string of the molecule is COc1ccc(NC(=O)c2sc3[nH+]c(N)c(C#N)cc3c2N)cc1OC. The van der Waals surface area contributed by atoms with Crippen LogP contribution in [0.3, 0.4) is 0 Å². The van der Waals surface area contributed by atoms with Gasteiger partial charge in [0.2, 0.25) is 0 Å². The zero-order valence-corrected chi connectivity index (χ0v) is 14.9. The number of nitriles is 1. The highest BCUT2D eigenvalue weighted by atomic mass is 32.1. The van der Waals surface area contributed by atoms with Crippen molar-refractivity contribution in [2.75, 3.05) is 31.0 Å². The second-order valence-electron chi connectivity index (χ2n) is 5.32. The van der Waals surface area contributed by atoms with Crippen LogP contribution in [-0.4, -0.2) is 20.1 Å². The van der Waals surface area contributed by atoms with Crippen molar-refractivity contribution in [2.45, 2.75) is 0 Å². The number of thiophene rings is 1. The number of H-pyrrole nitrogens is 1. The highest BCUT2D eigenvalue weighted by Crippen LogP contribution is 2.34. The minimum absolute atomic E-state index is 0.230. The Balaban J connectivity index is 1.96. The van der Waals surface area contributed by atoms with Gasteiger partial charge in [-0.2, -0.15) is 5.26 Å². The number of nitrogens with zero attached hydrogens (tertiary/aromatic N) is 1. The number of nitrogens with two attached hydrogens (primary N) is 2. The van der Waals surface area contributed by atoms with Crippen LogP contribution in [0.2, 0.25) is 0 Å². The number of aromatic nitrogens is 1. The summed E-state index contributed by atoms with van der Waals surface area (Å²) in [5, 5.41) is 12.4. The van der Waals surface area contributed by atoms with E-state index in [4.69, 9.17) is 26.2 Å². The summed E-state index contributed by atoms with van der Waals surface area (Å²) in [6, 6.07) is 8.59. The Labute approximate surface area is 153 Å². The van der Waals surface area contributed by atoms with Crippen molar-refractivity contribution in [1.29, 1.82) is 5.26 Å². The Bertz CT molecular complexity index is 1050. The predicted octanol–water partition coefficient (Wildman–Crippen LogP) is 2.02. The van der Waals surface area contributed by atoms with Gasteiger partial charge in [0.05, 0.1) is 25.3 Å². The van der Waals surface area contributed by atoms with E-state index in [0.717, 1.165) is 11.3 Å². The molecular weight excluding hydrogens is 354 g/mol. The topological polar surface area (TPSA) is 138 Å². The van der Waals surface area contributed by atoms with Gasteiger partial charge in [-0.25, -0.2) is 4.98 Å². The summed E-state index contributed by atoms with van der Waals surface area (Å²) >= 11 is 1.16. The molecule has 0 fully saturated rings. The van der Waals surface area contributed by atoms with Crippen LogP contribution in [0.25, 0.3) is 10.2 Å². The lowest BCUT2D eigenvalue weighted by molar-refractivity contribution is -0.323. The van der Waals surface area contributed by atoms with E-state index < -0.39 is 0 Å². The number of ether oxygens (including phenoxy) is 2. The number of methoxy groups -OCH3 is 2. The molecule has 1 aromatic carbocycles. The van der Waals surface area contributed by atoms with Crippen LogP contribution in [0.4, 0.5) is 17.2 Å². The summed E-state index contributed by atoms with van der Waals surface area (Å²) in [7, 11) is 3.05. The van der Waals surface area contributed by atoms with Gasteiger partial charge >= 0.3 is 0 Å². The number of nitrogen functional groups attached to an aromatic ring is 2. The van der Waals surface area contributed by atoms with Crippen molar-refractivity contribution < 1.29 is 19.3 Å². The first-order chi connectivity index (χ1) is 12.5. The maximum atomic E-state index is 12.6. The number of hydrogen-bond donors (Lipinski definition) is 3. The molecule has 0 atom stereocenters. The lowest BCUT2D eigenvalue weighted by Gasteiger charge is -2.10. The van der Waals surface area contributed by atoms with E-state index in [2.05, 4.69) is 10.3 Å². The summed E-state index contributed by atoms with van der Waals surface area (Å²) in [5.74, 6) is 0.907. The zero-order chi connectivity index (χ0) is 18.8. The molecule has 9 heteroatoms. The molecular formula is C17H16N5O3S+. The van der Waals surface area contributed by atoms with E-state index in [9.17, 15) is 4.79 Å². The molecule has 3 aromatic rings. The fourth-order valence-corrected chi connectivity index (χ4v) is 3.48. The fourth-order valence-electron chi connectivity index (χ4n) is 2.47. The third kappa shape index (κ3) is 2.94. The molecule has 3 rings (SSSR count). The van der Waals surface area contributed by atoms with E-state index in [1.54, 1.807) is 24.3 Å². The first-order valence-electron chi connectivity index (χ1n) is 7.45. The Kier molecular flexibility index (Phi) is 4.51. The molecule has 2 heterocycles. The molecule has 0 spiro atoms. The van der Waals surface area contributed by atoms with Gasteiger partial charge in [-0.15, -0.1) is 0 Å². The lowest BCUT2D eigenvalue weighted by atomic mass is 10.2. The standard InChI is InChI=1S/C17H15N5O3S/c1-24-11-4-3-9(6-12(11)25-2)21-16(23)14-13(19)10-5-8(7-18)15(20)22-17(10)26-14/h3-6H,19H2,1-2H3,(H2,20,22)(H,21,23)/p+1. The summed E-state index contributed by atoms with van der Waals surface area (Å²) < 4.78 is 10.4. The van der Waals surface area contributed by atoms with Gasteiger partial charge < -0.3 is 20.5 Å². The number of hydrogen-bond acceptors (Lipinski definition) is 7. The third-order valence-corrected chi connectivity index (χ3v) is 4.91. The van der Waals surface area contributed by atoms with Crippen molar-refractivity contribution in [3.8, 4) is 17.6 Å². The van der Waals surface area contributed by atoms with E-state index in [1.165, 1.54) is 14.2 Å². The summed E-state index contributed by atoms with van der Waals surface area (Å²) in [6.07, 6.45) is 0. The molecule has 0 aliphatic rings. The van der Waals surface area contributed by atoms with Gasteiger partial charge in [-0.3, -0.25) is 10.5 Å². The van der Waals surface area contributed by atoms with Gasteiger partial charge in [0, 0.05) is 11.8 Å². The Morgan fingerprint density at radius 1 is 1.23 bits per heavy atom. The van der Waals surface area contributed by atoms with Gasteiger partial charge in [-0.1, -0.05) is 11.3 Å². The van der Waals surface area contributed by atoms with Crippen molar-refractivity contribution in [1.82, 2.24) is 0 Å². The molecule has 2 aromatic heterocycles. The Morgan fingerprint density at radius 2 is 1.96 bits per heavy atom. The van der Waals surface area contributed by atoms with E-state index >= 15 is 0 Å². The normalized spacial score (nSPS) is 10.3. The van der Waals surface area contributed by atoms with Crippen molar-refractivity contribution >= 4 is 44.7 Å². The van der Waals surface area contributed by atoms with Crippen LogP contribution >= 0.6 is 11.3 Å². The molecule has 26 heavy (non-hydrogen) atoms. The van der Waals surface area contributed by atoms with Gasteiger partial charge in [0.1, 0.15) is 16.5 Å². The zero-order valence-electron chi connectivity index (χ0n) is 14.0. The maximum absolute atomic E-state index is 12.6. The average Bonchev–Trinajstić information content (AvgIpc) is 2.96. The smallest absolute Gasteiger partial charge is 0.289 e. The number of carbonyl (C=O) groups is 1. The van der Waals surface area contributed by atoms with Crippen LogP contribution in [-0.2, 0) is 0 Å². The van der Waals surface area contributed by atoms with Crippen LogP contribution < -0.4 is 31.2 Å². The second kappa shape index (κ2) is 6.78. The fraction of sp³-hybridized carbons (Fsp3) is 0.118. The van der Waals surface area contributed by atoms with Gasteiger partial charge in [0.15, 0.2) is 16.3 Å². The van der Waals surface area contributed by atoms with E-state index in [0.29, 0.717) is 32.3 Å². The molecule has 0 bridgehead atoms. The number of amides is 1. The number of pyridine rings is 1. The van der Waals surface area contributed by atoms with Crippen LogP contribution in [0.5, 0.6) is 11.5 Å². The second-order valence-corrected chi connectivity index (χ2v) is 6.34. The minimum atomic E-state index is -0.374. The molecule has 0 aliphatic carbocycles. The Hall–Kier alpha value is -3.51. The highest BCUT2D eigenvalue weighted by Gasteiger charge is 2.21. The maximum Gasteiger partial charge on any atom is 0.289 e. The number of anilines is 3. The monoisotopic (exact) mass is 370 g/mol. The number of rotatable bonds is 4. The van der Waals surface area contributed by atoms with Crippen molar-refractivity contribution in [2.24, 2.45) is 0 Å². The third-order valence-electron chi connectivity index (χ3n) is 3.78. The molecule has 8 nitrogen and oxygen atoms in total. The molecule has 1 amide bonds. The number of nitrogens with one attached hydrogen (secondary N) is 2. The van der Waals surface area contributed by atoms with Gasteiger partial charge in [0.25, 0.3) is 11.7 Å². The summed E-state index contributed by atoms with van der Waals surface area (Å²) in [5.41, 5.74) is 13.0. The average molecular weight is 370 g/mol. The predicted molar refractivity (Wildman–Crippen MR) is 99.4 cm³/mol.